The van der Waals surface area contributed by atoms with Gasteiger partial charge in [-0.3, -0.25) is 0 Å². The predicted molar refractivity (Wildman–Crippen MR) is 132 cm³/mol. The van der Waals surface area contributed by atoms with Gasteiger partial charge in [0, 0.05) is 17.6 Å². The monoisotopic (exact) mass is 448 g/mol. The number of hydrogen-bond donors (Lipinski definition) is 0. The summed E-state index contributed by atoms with van der Waals surface area (Å²) in [5.41, 5.74) is 6.47. The molecule has 4 nitrogen and oxygen atoms in total. The highest BCUT2D eigenvalue weighted by Gasteiger charge is 2.30. The lowest BCUT2D eigenvalue weighted by Gasteiger charge is -2.17. The van der Waals surface area contributed by atoms with Crippen LogP contribution in [0.3, 0.4) is 0 Å². The van der Waals surface area contributed by atoms with Crippen LogP contribution in [0.1, 0.15) is 62.3 Å². The fourth-order valence-electron chi connectivity index (χ4n) is 5.32. The topological polar surface area (TPSA) is 44.0 Å². The molecule has 0 N–H and O–H groups in total. The first kappa shape index (κ1) is 21.3. The van der Waals surface area contributed by atoms with Gasteiger partial charge in [-0.25, -0.2) is 12.4 Å². The molecule has 1 aliphatic rings. The summed E-state index contributed by atoms with van der Waals surface area (Å²) >= 11 is 0. The summed E-state index contributed by atoms with van der Waals surface area (Å²) in [5, 5.41) is 1.04. The highest BCUT2D eigenvalue weighted by Crippen LogP contribution is 2.40. The molecule has 1 aliphatic carbocycles. The molecule has 5 heteroatoms. The third-order valence-corrected chi connectivity index (χ3v) is 8.65. The Hall–Kier alpha value is -2.53. The summed E-state index contributed by atoms with van der Waals surface area (Å²) in [7, 11) is -3.71. The van der Waals surface area contributed by atoms with Crippen LogP contribution in [-0.2, 0) is 29.4 Å². The van der Waals surface area contributed by atoms with E-state index in [0.717, 1.165) is 59.7 Å². The Morgan fingerprint density at radius 1 is 0.875 bits per heavy atom. The van der Waals surface area contributed by atoms with Crippen LogP contribution >= 0.6 is 0 Å². The molecular weight excluding hydrogens is 416 g/mol. The highest BCUT2D eigenvalue weighted by atomic mass is 32.2. The van der Waals surface area contributed by atoms with E-state index in [1.807, 2.05) is 37.3 Å². The van der Waals surface area contributed by atoms with Crippen LogP contribution < -0.4 is 0 Å². The molecule has 0 atom stereocenters. The molecule has 168 valence electrons. The molecule has 2 aromatic heterocycles. The second kappa shape index (κ2) is 8.43. The molecule has 0 aliphatic heterocycles. The number of rotatable bonds is 7. The van der Waals surface area contributed by atoms with Gasteiger partial charge in [-0.15, -0.1) is 0 Å². The summed E-state index contributed by atoms with van der Waals surface area (Å²) in [4.78, 5) is 0.353. The number of benzene rings is 2. The van der Waals surface area contributed by atoms with Crippen LogP contribution in [0.25, 0.3) is 21.9 Å². The molecule has 32 heavy (non-hydrogen) atoms. The molecule has 0 bridgehead atoms. The van der Waals surface area contributed by atoms with Gasteiger partial charge in [0.15, 0.2) is 0 Å². The van der Waals surface area contributed by atoms with Gasteiger partial charge in [0.2, 0.25) is 0 Å². The normalized spacial score (nSPS) is 14.3. The second-order valence-electron chi connectivity index (χ2n) is 9.14. The van der Waals surface area contributed by atoms with E-state index in [-0.39, 0.29) is 0 Å². The van der Waals surface area contributed by atoms with Crippen molar-refractivity contribution in [2.45, 2.75) is 76.7 Å². The minimum Gasteiger partial charge on any atom is -0.342 e. The zero-order valence-corrected chi connectivity index (χ0v) is 19.9. The lowest BCUT2D eigenvalue weighted by atomic mass is 9.97. The second-order valence-corrected chi connectivity index (χ2v) is 10.9. The minimum absolute atomic E-state index is 0.353. The standard InChI is InChI=1S/C27H32N2O2S/c1-3-4-5-10-19-28-24-13-8-6-11-22(24)27-26(28)23-12-7-9-14-25(23)29(27)32(30,31)21-17-15-20(2)16-18-21/h7,9,12,14-18H,3-6,8,10-11,13,19H2,1-2H3. The molecule has 0 saturated heterocycles. The SMILES string of the molecule is CCCCCCn1c2c(c3c1c1ccccc1n3S(=O)(=O)c1ccc(C)cc1)CCCC2. The summed E-state index contributed by atoms with van der Waals surface area (Å²) in [6, 6.07) is 15.2. The maximum atomic E-state index is 14.0. The quantitative estimate of drug-likeness (QED) is 0.299. The number of para-hydroxylation sites is 1. The van der Waals surface area contributed by atoms with E-state index in [4.69, 9.17) is 0 Å². The Morgan fingerprint density at radius 2 is 1.62 bits per heavy atom. The van der Waals surface area contributed by atoms with Crippen molar-refractivity contribution in [2.75, 3.05) is 0 Å². The van der Waals surface area contributed by atoms with Gasteiger partial charge in [-0.2, -0.15) is 0 Å². The minimum atomic E-state index is -3.71. The number of fused-ring (bicyclic) bond motifs is 5. The molecule has 0 fully saturated rings. The number of aromatic nitrogens is 2. The van der Waals surface area contributed by atoms with Gasteiger partial charge in [-0.05, 0) is 62.8 Å². The fraction of sp³-hybridized carbons (Fsp3) is 0.407. The first-order chi connectivity index (χ1) is 15.5. The Morgan fingerprint density at radius 3 is 2.41 bits per heavy atom. The molecule has 0 saturated carbocycles. The van der Waals surface area contributed by atoms with Gasteiger partial charge in [0.25, 0.3) is 10.0 Å². The van der Waals surface area contributed by atoms with Crippen molar-refractivity contribution in [1.82, 2.24) is 8.54 Å². The average molecular weight is 449 g/mol. The molecule has 0 spiro atoms. The Kier molecular flexibility index (Phi) is 5.62. The number of unbranched alkanes of at least 4 members (excludes halogenated alkanes) is 3. The van der Waals surface area contributed by atoms with Crippen molar-refractivity contribution in [1.29, 1.82) is 0 Å². The fourth-order valence-corrected chi connectivity index (χ4v) is 6.87. The average Bonchev–Trinajstić information content (AvgIpc) is 3.30. The van der Waals surface area contributed by atoms with E-state index in [1.165, 1.54) is 36.9 Å². The van der Waals surface area contributed by atoms with Crippen LogP contribution in [0.15, 0.2) is 53.4 Å². The summed E-state index contributed by atoms with van der Waals surface area (Å²) in [5.74, 6) is 0. The highest BCUT2D eigenvalue weighted by molar-refractivity contribution is 7.90. The molecule has 0 radical (unpaired) electrons. The van der Waals surface area contributed by atoms with Crippen LogP contribution in [0.5, 0.6) is 0 Å². The van der Waals surface area contributed by atoms with Crippen molar-refractivity contribution in [3.05, 3.63) is 65.4 Å². The van der Waals surface area contributed by atoms with E-state index in [1.54, 1.807) is 16.1 Å². The van der Waals surface area contributed by atoms with Gasteiger partial charge in [0.1, 0.15) is 0 Å². The summed E-state index contributed by atoms with van der Waals surface area (Å²) in [6.45, 7) is 5.18. The number of nitrogens with zero attached hydrogens (tertiary/aromatic N) is 2. The van der Waals surface area contributed by atoms with Crippen molar-refractivity contribution < 1.29 is 8.42 Å². The maximum Gasteiger partial charge on any atom is 0.268 e. The van der Waals surface area contributed by atoms with Crippen LogP contribution in [0, 0.1) is 6.92 Å². The predicted octanol–water partition coefficient (Wildman–Crippen LogP) is 6.60. The molecule has 0 unspecified atom stereocenters. The van der Waals surface area contributed by atoms with Crippen molar-refractivity contribution >= 4 is 32.0 Å². The third kappa shape index (κ3) is 3.38. The number of hydrogen-bond acceptors (Lipinski definition) is 2. The summed E-state index contributed by atoms with van der Waals surface area (Å²) in [6.07, 6.45) is 9.10. The lowest BCUT2D eigenvalue weighted by Crippen LogP contribution is -2.14. The van der Waals surface area contributed by atoms with E-state index < -0.39 is 10.0 Å². The Balaban J connectivity index is 1.80. The zero-order valence-electron chi connectivity index (χ0n) is 19.1. The summed E-state index contributed by atoms with van der Waals surface area (Å²) < 4.78 is 32.1. The first-order valence-corrected chi connectivity index (χ1v) is 13.4. The van der Waals surface area contributed by atoms with Crippen LogP contribution in [-0.4, -0.2) is 17.0 Å². The van der Waals surface area contributed by atoms with Gasteiger partial charge >= 0.3 is 0 Å². The van der Waals surface area contributed by atoms with E-state index in [0.29, 0.717) is 4.90 Å². The van der Waals surface area contributed by atoms with E-state index >= 15 is 0 Å². The zero-order chi connectivity index (χ0) is 22.3. The third-order valence-electron chi connectivity index (χ3n) is 6.92. The molecule has 0 amide bonds. The first-order valence-electron chi connectivity index (χ1n) is 12.0. The van der Waals surface area contributed by atoms with E-state index in [9.17, 15) is 8.42 Å². The van der Waals surface area contributed by atoms with Crippen LogP contribution in [0.4, 0.5) is 0 Å². The molecule has 2 aromatic carbocycles. The maximum absolute atomic E-state index is 14.0. The number of aryl methyl sites for hydroxylation is 3. The van der Waals surface area contributed by atoms with Gasteiger partial charge in [-0.1, -0.05) is 62.1 Å². The van der Waals surface area contributed by atoms with E-state index in [2.05, 4.69) is 17.6 Å². The smallest absolute Gasteiger partial charge is 0.268 e. The van der Waals surface area contributed by atoms with Gasteiger partial charge in [0.05, 0.1) is 21.4 Å². The Bertz CT molecular complexity index is 1380. The molecular formula is C27H32N2O2S. The van der Waals surface area contributed by atoms with Crippen molar-refractivity contribution in [3.8, 4) is 0 Å². The van der Waals surface area contributed by atoms with Crippen LogP contribution in [0.2, 0.25) is 0 Å². The van der Waals surface area contributed by atoms with Crippen molar-refractivity contribution in [3.63, 3.8) is 0 Å². The van der Waals surface area contributed by atoms with Crippen molar-refractivity contribution in [2.24, 2.45) is 0 Å². The Labute approximate surface area is 190 Å². The van der Waals surface area contributed by atoms with Gasteiger partial charge < -0.3 is 4.57 Å². The largest absolute Gasteiger partial charge is 0.342 e. The molecule has 5 rings (SSSR count). The molecule has 4 aromatic rings. The molecule has 2 heterocycles. The lowest BCUT2D eigenvalue weighted by molar-refractivity contribution is 0.560.